The highest BCUT2D eigenvalue weighted by Crippen LogP contribution is 2.28. The highest BCUT2D eigenvalue weighted by molar-refractivity contribution is 6.07. The first-order valence-electron chi connectivity index (χ1n) is 9.99. The maximum atomic E-state index is 12.9. The Kier molecular flexibility index (Phi) is 5.77. The fourth-order valence-electron chi connectivity index (χ4n) is 3.45. The van der Waals surface area contributed by atoms with E-state index in [1.165, 1.54) is 32.2 Å². The number of methoxy groups -OCH3 is 1. The Hall–Kier alpha value is -4.66. The Morgan fingerprint density at radius 3 is 2.39 bits per heavy atom. The zero-order chi connectivity index (χ0) is 23.5. The summed E-state index contributed by atoms with van der Waals surface area (Å²) in [6, 6.07) is 17.8. The van der Waals surface area contributed by atoms with E-state index in [2.05, 4.69) is 15.6 Å². The third kappa shape index (κ3) is 4.38. The molecule has 0 radical (unpaired) electrons. The molecule has 1 aromatic heterocycles. The van der Waals surface area contributed by atoms with Gasteiger partial charge in [0, 0.05) is 18.2 Å². The molecule has 1 heterocycles. The van der Waals surface area contributed by atoms with E-state index in [0.717, 1.165) is 4.57 Å². The predicted octanol–water partition coefficient (Wildman–Crippen LogP) is 2.90. The topological polar surface area (TPSA) is 122 Å². The molecule has 166 valence electrons. The molecule has 4 aromatic rings. The Labute approximate surface area is 187 Å². The Balaban J connectivity index is 1.70. The second-order valence-corrected chi connectivity index (χ2v) is 7.22. The zero-order valence-electron chi connectivity index (χ0n) is 17.8. The number of carbonyl (C=O) groups excluding carboxylic acids is 2. The molecule has 33 heavy (non-hydrogen) atoms. The fraction of sp³-hybridized carbons (Fsp3) is 0.0833. The van der Waals surface area contributed by atoms with Gasteiger partial charge in [-0.1, -0.05) is 18.2 Å². The number of hydrogen-bond acceptors (Lipinski definition) is 5. The van der Waals surface area contributed by atoms with Gasteiger partial charge in [-0.15, -0.1) is 0 Å². The number of ether oxygens (including phenoxy) is 1. The summed E-state index contributed by atoms with van der Waals surface area (Å²) in [6.45, 7) is 1.38. The van der Waals surface area contributed by atoms with E-state index in [4.69, 9.17) is 4.74 Å². The van der Waals surface area contributed by atoms with Crippen LogP contribution in [-0.2, 0) is 4.79 Å². The van der Waals surface area contributed by atoms with Crippen molar-refractivity contribution in [1.82, 2.24) is 9.55 Å². The van der Waals surface area contributed by atoms with Gasteiger partial charge in [0.25, 0.3) is 11.5 Å². The number of aromatic amines is 1. The number of benzene rings is 3. The lowest BCUT2D eigenvalue weighted by atomic mass is 10.1. The second kappa shape index (κ2) is 8.83. The van der Waals surface area contributed by atoms with Crippen LogP contribution in [-0.4, -0.2) is 28.5 Å². The van der Waals surface area contributed by atoms with Crippen molar-refractivity contribution in [3.05, 3.63) is 93.1 Å². The minimum atomic E-state index is -0.610. The lowest BCUT2D eigenvalue weighted by molar-refractivity contribution is -0.114. The van der Waals surface area contributed by atoms with Gasteiger partial charge >= 0.3 is 5.69 Å². The fourth-order valence-corrected chi connectivity index (χ4v) is 3.45. The molecule has 0 aliphatic rings. The Morgan fingerprint density at radius 2 is 1.70 bits per heavy atom. The van der Waals surface area contributed by atoms with Crippen LogP contribution in [0.4, 0.5) is 11.4 Å². The summed E-state index contributed by atoms with van der Waals surface area (Å²) in [5, 5.41) is 5.64. The normalized spacial score (nSPS) is 10.6. The predicted molar refractivity (Wildman–Crippen MR) is 125 cm³/mol. The van der Waals surface area contributed by atoms with Crippen LogP contribution >= 0.6 is 0 Å². The summed E-state index contributed by atoms with van der Waals surface area (Å²) in [6.07, 6.45) is 0. The van der Waals surface area contributed by atoms with Crippen molar-refractivity contribution in [1.29, 1.82) is 0 Å². The van der Waals surface area contributed by atoms with E-state index in [0.29, 0.717) is 22.8 Å². The van der Waals surface area contributed by atoms with Crippen LogP contribution < -0.4 is 26.6 Å². The molecule has 0 saturated heterocycles. The monoisotopic (exact) mass is 444 g/mol. The molecule has 3 N–H and O–H groups in total. The van der Waals surface area contributed by atoms with Crippen LogP contribution in [0.5, 0.6) is 5.75 Å². The standard InChI is InChI=1S/C24H20N4O5/c1-14(29)25-16-9-11-21(33-2)20(13-16)26-22(30)15-8-10-18-19(12-15)27-24(32)28(23(18)31)17-6-4-3-5-7-17/h3-13H,1-2H3,(H,25,29)(H,26,30)(H,27,32). The van der Waals surface area contributed by atoms with Crippen molar-refractivity contribution in [2.75, 3.05) is 17.7 Å². The molecule has 9 nitrogen and oxygen atoms in total. The molecule has 3 aromatic carbocycles. The van der Waals surface area contributed by atoms with Crippen LogP contribution in [0.1, 0.15) is 17.3 Å². The average Bonchev–Trinajstić information content (AvgIpc) is 2.79. The van der Waals surface area contributed by atoms with E-state index >= 15 is 0 Å². The number of anilines is 2. The molecule has 0 fully saturated rings. The molecular weight excluding hydrogens is 424 g/mol. The minimum Gasteiger partial charge on any atom is -0.495 e. The van der Waals surface area contributed by atoms with Crippen LogP contribution in [0, 0.1) is 0 Å². The number of fused-ring (bicyclic) bond motifs is 1. The summed E-state index contributed by atoms with van der Waals surface area (Å²) in [4.78, 5) is 52.4. The van der Waals surface area contributed by atoms with Crippen molar-refractivity contribution in [2.45, 2.75) is 6.92 Å². The van der Waals surface area contributed by atoms with Gasteiger partial charge in [-0.2, -0.15) is 0 Å². The average molecular weight is 444 g/mol. The number of carbonyl (C=O) groups is 2. The highest BCUT2D eigenvalue weighted by atomic mass is 16.5. The molecule has 0 atom stereocenters. The van der Waals surface area contributed by atoms with E-state index in [9.17, 15) is 19.2 Å². The summed E-state index contributed by atoms with van der Waals surface area (Å²) in [5.74, 6) is -0.335. The second-order valence-electron chi connectivity index (χ2n) is 7.22. The summed E-state index contributed by atoms with van der Waals surface area (Å²) in [5.41, 5.74) is 0.645. The van der Waals surface area contributed by atoms with Gasteiger partial charge in [0.15, 0.2) is 0 Å². The summed E-state index contributed by atoms with van der Waals surface area (Å²) in [7, 11) is 1.46. The Morgan fingerprint density at radius 1 is 0.939 bits per heavy atom. The van der Waals surface area contributed by atoms with Crippen molar-refractivity contribution >= 4 is 34.1 Å². The number of nitrogens with zero attached hydrogens (tertiary/aromatic N) is 1. The summed E-state index contributed by atoms with van der Waals surface area (Å²) >= 11 is 0. The molecule has 9 heteroatoms. The Bertz CT molecular complexity index is 1490. The molecule has 2 amide bonds. The van der Waals surface area contributed by atoms with Gasteiger partial charge in [-0.05, 0) is 48.5 Å². The zero-order valence-corrected chi connectivity index (χ0v) is 17.8. The quantitative estimate of drug-likeness (QED) is 0.437. The molecular formula is C24H20N4O5. The third-order valence-electron chi connectivity index (χ3n) is 4.94. The highest BCUT2D eigenvalue weighted by Gasteiger charge is 2.14. The molecule has 0 bridgehead atoms. The number of nitrogens with one attached hydrogen (secondary N) is 3. The number of H-pyrrole nitrogens is 1. The lowest BCUT2D eigenvalue weighted by Crippen LogP contribution is -2.33. The van der Waals surface area contributed by atoms with Gasteiger partial charge in [0.1, 0.15) is 5.75 Å². The smallest absolute Gasteiger partial charge is 0.333 e. The SMILES string of the molecule is COc1ccc(NC(C)=O)cc1NC(=O)c1ccc2c(=O)n(-c3ccccc3)c(=O)[nH]c2c1. The van der Waals surface area contributed by atoms with Gasteiger partial charge in [0.2, 0.25) is 5.91 Å². The number of para-hydroxylation sites is 1. The molecule has 0 saturated carbocycles. The first-order chi connectivity index (χ1) is 15.9. The van der Waals surface area contributed by atoms with E-state index in [1.54, 1.807) is 48.5 Å². The summed E-state index contributed by atoms with van der Waals surface area (Å²) < 4.78 is 6.32. The number of rotatable bonds is 5. The van der Waals surface area contributed by atoms with Crippen LogP contribution in [0.3, 0.4) is 0 Å². The molecule has 0 aliphatic carbocycles. The molecule has 0 aliphatic heterocycles. The largest absolute Gasteiger partial charge is 0.495 e. The van der Waals surface area contributed by atoms with Gasteiger partial charge in [0.05, 0.1) is 29.4 Å². The van der Waals surface area contributed by atoms with Crippen LogP contribution in [0.25, 0.3) is 16.6 Å². The minimum absolute atomic E-state index is 0.224. The van der Waals surface area contributed by atoms with Crippen molar-refractivity contribution in [3.8, 4) is 11.4 Å². The number of amides is 2. The van der Waals surface area contributed by atoms with Crippen LogP contribution in [0.2, 0.25) is 0 Å². The van der Waals surface area contributed by atoms with Crippen molar-refractivity contribution in [3.63, 3.8) is 0 Å². The van der Waals surface area contributed by atoms with Crippen molar-refractivity contribution < 1.29 is 14.3 Å². The van der Waals surface area contributed by atoms with E-state index in [-0.39, 0.29) is 22.4 Å². The van der Waals surface area contributed by atoms with E-state index < -0.39 is 17.2 Å². The van der Waals surface area contributed by atoms with Gasteiger partial charge < -0.3 is 20.4 Å². The van der Waals surface area contributed by atoms with Gasteiger partial charge in [-0.25, -0.2) is 9.36 Å². The van der Waals surface area contributed by atoms with Crippen molar-refractivity contribution in [2.24, 2.45) is 0 Å². The first kappa shape index (κ1) is 21.6. The third-order valence-corrected chi connectivity index (χ3v) is 4.94. The maximum absolute atomic E-state index is 12.9. The van der Waals surface area contributed by atoms with Crippen LogP contribution in [0.15, 0.2) is 76.3 Å². The lowest BCUT2D eigenvalue weighted by Gasteiger charge is -2.13. The van der Waals surface area contributed by atoms with E-state index in [1.807, 2.05) is 0 Å². The molecule has 0 unspecified atom stereocenters. The molecule has 4 rings (SSSR count). The molecule has 0 spiro atoms. The number of hydrogen-bond donors (Lipinski definition) is 3. The number of aromatic nitrogens is 2. The maximum Gasteiger partial charge on any atom is 0.333 e. The van der Waals surface area contributed by atoms with Gasteiger partial charge in [-0.3, -0.25) is 14.4 Å². The first-order valence-corrected chi connectivity index (χ1v) is 9.99.